The quantitative estimate of drug-likeness (QED) is 0.697. The van der Waals surface area contributed by atoms with Gasteiger partial charge in [-0.05, 0) is 42.0 Å². The zero-order valence-electron chi connectivity index (χ0n) is 15.5. The zero-order valence-corrected chi connectivity index (χ0v) is 16.4. The molecule has 0 aliphatic carbocycles. The van der Waals surface area contributed by atoms with Crippen molar-refractivity contribution in [3.05, 3.63) is 59.9 Å². The topological polar surface area (TPSA) is 113 Å². The Morgan fingerprint density at radius 2 is 1.55 bits per heavy atom. The van der Waals surface area contributed by atoms with Crippen molar-refractivity contribution in [1.82, 2.24) is 10.2 Å². The van der Waals surface area contributed by atoms with E-state index in [0.717, 1.165) is 5.69 Å². The molecule has 1 aliphatic heterocycles. The molecule has 1 saturated heterocycles. The number of nitrogens with one attached hydrogen (secondary N) is 1. The van der Waals surface area contributed by atoms with Crippen LogP contribution < -0.4 is 15.4 Å². The van der Waals surface area contributed by atoms with Crippen LogP contribution in [0.2, 0.25) is 0 Å². The fourth-order valence-electron chi connectivity index (χ4n) is 3.02. The molecule has 2 aromatic carbocycles. The fraction of sp³-hybridized carbons (Fsp3) is 0.263. The second kappa shape index (κ2) is 8.58. The molecule has 2 amide bonds. The zero-order chi connectivity index (χ0) is 21.0. The highest BCUT2D eigenvalue weighted by Gasteiger charge is 2.26. The summed E-state index contributed by atoms with van der Waals surface area (Å²) in [4.78, 5) is 28.0. The number of nitrogens with zero attached hydrogens (tertiary/aromatic N) is 2. The van der Waals surface area contributed by atoms with E-state index in [4.69, 9.17) is 5.14 Å². The molecular formula is C19H21FN4O4S. The predicted molar refractivity (Wildman–Crippen MR) is 105 cm³/mol. The van der Waals surface area contributed by atoms with E-state index in [1.54, 1.807) is 12.1 Å². The molecular weight excluding hydrogens is 399 g/mol. The van der Waals surface area contributed by atoms with Crippen LogP contribution >= 0.6 is 0 Å². The van der Waals surface area contributed by atoms with E-state index in [0.29, 0.717) is 31.7 Å². The molecule has 0 saturated carbocycles. The maximum atomic E-state index is 13.0. The Morgan fingerprint density at radius 1 is 0.966 bits per heavy atom. The number of hydrogen-bond donors (Lipinski definition) is 2. The van der Waals surface area contributed by atoms with E-state index in [1.807, 2.05) is 4.90 Å². The van der Waals surface area contributed by atoms with Gasteiger partial charge in [0.05, 0.1) is 4.90 Å². The highest BCUT2D eigenvalue weighted by Crippen LogP contribution is 2.17. The minimum absolute atomic E-state index is 0.0253. The smallest absolute Gasteiger partial charge is 0.312 e. The molecule has 2 aromatic rings. The number of halogens is 1. The number of piperazine rings is 1. The lowest BCUT2D eigenvalue weighted by atomic mass is 10.2. The SMILES string of the molecule is NS(=O)(=O)c1ccc(CNC(=O)C(=O)N2CCN(c3ccc(F)cc3)CC2)cc1. The van der Waals surface area contributed by atoms with Gasteiger partial charge in [0.1, 0.15) is 5.82 Å². The number of carbonyl (C=O) groups excluding carboxylic acids is 2. The van der Waals surface area contributed by atoms with Crippen molar-refractivity contribution in [2.45, 2.75) is 11.4 Å². The Bertz CT molecular complexity index is 986. The van der Waals surface area contributed by atoms with Crippen LogP contribution in [0.1, 0.15) is 5.56 Å². The lowest BCUT2D eigenvalue weighted by Crippen LogP contribution is -2.52. The standard InChI is InChI=1S/C19H21FN4O4S/c20-15-3-5-16(6-4-15)23-9-11-24(12-10-23)19(26)18(25)22-13-14-1-7-17(8-2-14)29(21,27)28/h1-8H,9-13H2,(H,22,25)(H2,21,27,28). The summed E-state index contributed by atoms with van der Waals surface area (Å²) in [6.45, 7) is 1.93. The lowest BCUT2D eigenvalue weighted by molar-refractivity contribution is -0.146. The first kappa shape index (κ1) is 20.7. The van der Waals surface area contributed by atoms with Crippen molar-refractivity contribution in [1.29, 1.82) is 0 Å². The van der Waals surface area contributed by atoms with Gasteiger partial charge in [0.15, 0.2) is 0 Å². The van der Waals surface area contributed by atoms with Crippen molar-refractivity contribution >= 4 is 27.5 Å². The number of nitrogens with two attached hydrogens (primary N) is 1. The van der Waals surface area contributed by atoms with Crippen LogP contribution in [-0.4, -0.2) is 51.3 Å². The van der Waals surface area contributed by atoms with Crippen LogP contribution in [0.3, 0.4) is 0 Å². The molecule has 0 unspecified atom stereocenters. The molecule has 3 N–H and O–H groups in total. The van der Waals surface area contributed by atoms with Gasteiger partial charge in [-0.3, -0.25) is 9.59 Å². The van der Waals surface area contributed by atoms with Crippen LogP contribution in [-0.2, 0) is 26.2 Å². The van der Waals surface area contributed by atoms with E-state index in [1.165, 1.54) is 41.3 Å². The van der Waals surface area contributed by atoms with E-state index < -0.39 is 21.8 Å². The molecule has 10 heteroatoms. The predicted octanol–water partition coefficient (Wildman–Crippen LogP) is 0.438. The van der Waals surface area contributed by atoms with E-state index in [2.05, 4.69) is 5.32 Å². The van der Waals surface area contributed by atoms with Gasteiger partial charge in [0.2, 0.25) is 10.0 Å². The van der Waals surface area contributed by atoms with E-state index >= 15 is 0 Å². The summed E-state index contributed by atoms with van der Waals surface area (Å²) < 4.78 is 35.5. The number of rotatable bonds is 4. The van der Waals surface area contributed by atoms with Crippen LogP contribution in [0.15, 0.2) is 53.4 Å². The summed E-state index contributed by atoms with van der Waals surface area (Å²) in [5.74, 6) is -1.65. The summed E-state index contributed by atoms with van der Waals surface area (Å²) in [6, 6.07) is 11.9. The third kappa shape index (κ3) is 5.30. The minimum Gasteiger partial charge on any atom is -0.368 e. The summed E-state index contributed by atoms with van der Waals surface area (Å²) in [7, 11) is -3.78. The summed E-state index contributed by atoms with van der Waals surface area (Å²) in [6.07, 6.45) is 0. The van der Waals surface area contributed by atoms with Crippen LogP contribution in [0, 0.1) is 5.82 Å². The second-order valence-electron chi connectivity index (χ2n) is 6.63. The van der Waals surface area contributed by atoms with Gasteiger partial charge < -0.3 is 15.1 Å². The maximum absolute atomic E-state index is 13.0. The Morgan fingerprint density at radius 3 is 2.10 bits per heavy atom. The maximum Gasteiger partial charge on any atom is 0.312 e. The first-order valence-corrected chi connectivity index (χ1v) is 10.5. The number of primary sulfonamides is 1. The second-order valence-corrected chi connectivity index (χ2v) is 8.19. The fourth-order valence-corrected chi connectivity index (χ4v) is 3.53. The molecule has 0 aromatic heterocycles. The molecule has 1 fully saturated rings. The minimum atomic E-state index is -3.78. The Labute approximate surface area is 168 Å². The molecule has 0 radical (unpaired) electrons. The van der Waals surface area contributed by atoms with Crippen LogP contribution in [0.25, 0.3) is 0 Å². The summed E-state index contributed by atoms with van der Waals surface area (Å²) in [5, 5.41) is 7.57. The van der Waals surface area contributed by atoms with Gasteiger partial charge in [-0.1, -0.05) is 12.1 Å². The number of amides is 2. The number of carbonyl (C=O) groups is 2. The van der Waals surface area contributed by atoms with Crippen molar-refractivity contribution in [2.75, 3.05) is 31.1 Å². The van der Waals surface area contributed by atoms with Gasteiger partial charge in [-0.2, -0.15) is 0 Å². The lowest BCUT2D eigenvalue weighted by Gasteiger charge is -2.35. The average Bonchev–Trinajstić information content (AvgIpc) is 2.72. The van der Waals surface area contributed by atoms with Crippen molar-refractivity contribution in [3.8, 4) is 0 Å². The van der Waals surface area contributed by atoms with Gasteiger partial charge in [0, 0.05) is 38.4 Å². The first-order valence-electron chi connectivity index (χ1n) is 8.93. The highest BCUT2D eigenvalue weighted by molar-refractivity contribution is 7.89. The molecule has 8 nitrogen and oxygen atoms in total. The van der Waals surface area contributed by atoms with Crippen LogP contribution in [0.5, 0.6) is 0 Å². The Hall–Kier alpha value is -2.98. The number of anilines is 1. The van der Waals surface area contributed by atoms with E-state index in [9.17, 15) is 22.4 Å². The van der Waals surface area contributed by atoms with E-state index in [-0.39, 0.29) is 17.3 Å². The molecule has 0 bridgehead atoms. The van der Waals surface area contributed by atoms with Crippen molar-refractivity contribution < 1.29 is 22.4 Å². The average molecular weight is 420 g/mol. The molecule has 154 valence electrons. The molecule has 1 aliphatic rings. The van der Waals surface area contributed by atoms with Gasteiger partial charge >= 0.3 is 11.8 Å². The largest absolute Gasteiger partial charge is 0.368 e. The summed E-state index contributed by atoms with van der Waals surface area (Å²) >= 11 is 0. The normalized spacial score (nSPS) is 14.6. The highest BCUT2D eigenvalue weighted by atomic mass is 32.2. The number of hydrogen-bond acceptors (Lipinski definition) is 5. The molecule has 29 heavy (non-hydrogen) atoms. The van der Waals surface area contributed by atoms with Crippen LogP contribution in [0.4, 0.5) is 10.1 Å². The van der Waals surface area contributed by atoms with Crippen molar-refractivity contribution in [3.63, 3.8) is 0 Å². The number of sulfonamides is 1. The third-order valence-corrected chi connectivity index (χ3v) is 5.59. The molecule has 1 heterocycles. The van der Waals surface area contributed by atoms with Gasteiger partial charge in [0.25, 0.3) is 0 Å². The monoisotopic (exact) mass is 420 g/mol. The molecule has 0 atom stereocenters. The molecule has 0 spiro atoms. The Balaban J connectivity index is 1.49. The number of benzene rings is 2. The van der Waals surface area contributed by atoms with Gasteiger partial charge in [-0.25, -0.2) is 17.9 Å². The van der Waals surface area contributed by atoms with Gasteiger partial charge in [-0.15, -0.1) is 0 Å². The Kier molecular flexibility index (Phi) is 6.14. The molecule has 3 rings (SSSR count). The van der Waals surface area contributed by atoms with Crippen molar-refractivity contribution in [2.24, 2.45) is 5.14 Å². The summed E-state index contributed by atoms with van der Waals surface area (Å²) in [5.41, 5.74) is 1.51. The first-order chi connectivity index (χ1) is 13.7. The third-order valence-electron chi connectivity index (χ3n) is 4.66.